The molecule has 1 aliphatic carbocycles. The molecule has 2 heterocycles. The van der Waals surface area contributed by atoms with Crippen LogP contribution in [0.5, 0.6) is 5.75 Å². The summed E-state index contributed by atoms with van der Waals surface area (Å²) in [5.74, 6) is 0.619. The third-order valence-electron chi connectivity index (χ3n) is 6.50. The largest absolute Gasteiger partial charge is 0.489 e. The van der Waals surface area contributed by atoms with Crippen molar-refractivity contribution >= 4 is 11.8 Å². The minimum absolute atomic E-state index is 0.0684. The zero-order valence-electron chi connectivity index (χ0n) is 17.9. The molecule has 30 heavy (non-hydrogen) atoms. The lowest BCUT2D eigenvalue weighted by Gasteiger charge is -2.30. The van der Waals surface area contributed by atoms with E-state index >= 15 is 0 Å². The molecular formula is C24H33N3O3. The maximum absolute atomic E-state index is 12.9. The highest BCUT2D eigenvalue weighted by Crippen LogP contribution is 2.32. The number of allylic oxidation sites excluding steroid dienone is 1. The van der Waals surface area contributed by atoms with Crippen LogP contribution in [0.15, 0.2) is 30.5 Å². The first-order chi connectivity index (χ1) is 14.6. The van der Waals surface area contributed by atoms with Gasteiger partial charge >= 0.3 is 0 Å². The number of hydrogen-bond acceptors (Lipinski definition) is 4. The molecule has 0 radical (unpaired) electrons. The van der Waals surface area contributed by atoms with Gasteiger partial charge < -0.3 is 20.3 Å². The van der Waals surface area contributed by atoms with Crippen molar-refractivity contribution in [3.05, 3.63) is 41.6 Å². The molecular weight excluding hydrogens is 378 g/mol. The topological polar surface area (TPSA) is 70.7 Å². The van der Waals surface area contributed by atoms with E-state index in [1.54, 1.807) is 4.90 Å². The molecule has 1 saturated carbocycles. The molecule has 1 saturated heterocycles. The zero-order chi connectivity index (χ0) is 21.1. The molecule has 162 valence electrons. The summed E-state index contributed by atoms with van der Waals surface area (Å²) >= 11 is 0. The molecule has 0 aromatic heterocycles. The Labute approximate surface area is 179 Å². The Hall–Kier alpha value is -2.34. The monoisotopic (exact) mass is 411 g/mol. The number of amides is 2. The fraction of sp³-hybridized carbons (Fsp3) is 0.583. The van der Waals surface area contributed by atoms with Gasteiger partial charge in [-0.2, -0.15) is 0 Å². The van der Waals surface area contributed by atoms with Crippen LogP contribution in [0.2, 0.25) is 0 Å². The van der Waals surface area contributed by atoms with Gasteiger partial charge in [-0.05, 0) is 68.8 Å². The van der Waals surface area contributed by atoms with Crippen LogP contribution >= 0.6 is 0 Å². The summed E-state index contributed by atoms with van der Waals surface area (Å²) in [5.41, 5.74) is 2.35. The summed E-state index contributed by atoms with van der Waals surface area (Å²) in [6, 6.07) is 5.71. The SMILES string of the molecule is C=C1CCC(N2Cc3cc(O[C@@H]4CCCCC[C@H]4NCCC)ccc3C2=O)C(=O)N1. The van der Waals surface area contributed by atoms with E-state index in [2.05, 4.69) is 24.1 Å². The highest BCUT2D eigenvalue weighted by Gasteiger charge is 2.38. The summed E-state index contributed by atoms with van der Waals surface area (Å²) in [5, 5.41) is 6.45. The van der Waals surface area contributed by atoms with E-state index < -0.39 is 6.04 Å². The van der Waals surface area contributed by atoms with E-state index in [1.165, 1.54) is 19.3 Å². The molecule has 2 amide bonds. The van der Waals surface area contributed by atoms with Crippen molar-refractivity contribution < 1.29 is 14.3 Å². The minimum Gasteiger partial charge on any atom is -0.489 e. The summed E-state index contributed by atoms with van der Waals surface area (Å²) in [6.45, 7) is 7.48. The van der Waals surface area contributed by atoms with Crippen molar-refractivity contribution in [3.63, 3.8) is 0 Å². The molecule has 2 N–H and O–H groups in total. The van der Waals surface area contributed by atoms with Crippen molar-refractivity contribution in [2.75, 3.05) is 6.54 Å². The Bertz CT molecular complexity index is 822. The second-order valence-corrected chi connectivity index (χ2v) is 8.75. The number of rotatable bonds is 6. The second-order valence-electron chi connectivity index (χ2n) is 8.75. The van der Waals surface area contributed by atoms with Crippen molar-refractivity contribution in [3.8, 4) is 5.75 Å². The number of hydrogen-bond donors (Lipinski definition) is 2. The third kappa shape index (κ3) is 4.38. The van der Waals surface area contributed by atoms with Gasteiger partial charge in [0.25, 0.3) is 5.91 Å². The predicted molar refractivity (Wildman–Crippen MR) is 116 cm³/mol. The van der Waals surface area contributed by atoms with E-state index in [-0.39, 0.29) is 17.9 Å². The van der Waals surface area contributed by atoms with Gasteiger partial charge in [0.1, 0.15) is 17.9 Å². The van der Waals surface area contributed by atoms with Crippen LogP contribution in [-0.2, 0) is 11.3 Å². The Morgan fingerprint density at radius 1 is 1.20 bits per heavy atom. The molecule has 1 aromatic carbocycles. The van der Waals surface area contributed by atoms with Crippen LogP contribution in [0.1, 0.15) is 74.2 Å². The first kappa shape index (κ1) is 20.9. The van der Waals surface area contributed by atoms with Crippen LogP contribution < -0.4 is 15.4 Å². The van der Waals surface area contributed by atoms with E-state index in [4.69, 9.17) is 4.74 Å². The summed E-state index contributed by atoms with van der Waals surface area (Å²) in [6.07, 6.45) is 8.48. The molecule has 0 spiro atoms. The number of carbonyl (C=O) groups excluding carboxylic acids is 2. The molecule has 1 aromatic rings. The quantitative estimate of drug-likeness (QED) is 0.703. The average Bonchev–Trinajstić information content (AvgIpc) is 2.89. The van der Waals surface area contributed by atoms with Gasteiger partial charge in [-0.15, -0.1) is 0 Å². The van der Waals surface area contributed by atoms with E-state index in [9.17, 15) is 9.59 Å². The number of nitrogens with one attached hydrogen (secondary N) is 2. The lowest BCUT2D eigenvalue weighted by atomic mass is 10.0. The Morgan fingerprint density at radius 2 is 2.03 bits per heavy atom. The smallest absolute Gasteiger partial charge is 0.255 e. The van der Waals surface area contributed by atoms with E-state index in [0.717, 1.165) is 42.8 Å². The van der Waals surface area contributed by atoms with Gasteiger partial charge in [0.15, 0.2) is 0 Å². The number of fused-ring (bicyclic) bond motifs is 1. The van der Waals surface area contributed by atoms with Crippen LogP contribution in [0.4, 0.5) is 0 Å². The lowest BCUT2D eigenvalue weighted by Crippen LogP contribution is -2.49. The van der Waals surface area contributed by atoms with Crippen LogP contribution in [0.25, 0.3) is 0 Å². The first-order valence-electron chi connectivity index (χ1n) is 11.4. The number of ether oxygens (including phenoxy) is 1. The first-order valence-corrected chi connectivity index (χ1v) is 11.4. The van der Waals surface area contributed by atoms with Crippen molar-refractivity contribution in [1.29, 1.82) is 0 Å². The van der Waals surface area contributed by atoms with Crippen LogP contribution in [0.3, 0.4) is 0 Å². The number of benzene rings is 1. The summed E-state index contributed by atoms with van der Waals surface area (Å²) < 4.78 is 6.44. The maximum atomic E-state index is 12.9. The predicted octanol–water partition coefficient (Wildman–Crippen LogP) is 3.51. The van der Waals surface area contributed by atoms with Crippen molar-refractivity contribution in [1.82, 2.24) is 15.5 Å². The van der Waals surface area contributed by atoms with E-state index in [1.807, 2.05) is 18.2 Å². The molecule has 1 unspecified atom stereocenters. The fourth-order valence-corrected chi connectivity index (χ4v) is 4.86. The van der Waals surface area contributed by atoms with Gasteiger partial charge in [-0.3, -0.25) is 9.59 Å². The molecule has 0 bridgehead atoms. The lowest BCUT2D eigenvalue weighted by molar-refractivity contribution is -0.126. The van der Waals surface area contributed by atoms with Gasteiger partial charge in [0.2, 0.25) is 5.91 Å². The van der Waals surface area contributed by atoms with Gasteiger partial charge in [-0.25, -0.2) is 0 Å². The van der Waals surface area contributed by atoms with Crippen LogP contribution in [-0.4, -0.2) is 41.4 Å². The molecule has 2 aliphatic heterocycles. The maximum Gasteiger partial charge on any atom is 0.255 e. The molecule has 3 aliphatic rings. The summed E-state index contributed by atoms with van der Waals surface area (Å²) in [7, 11) is 0. The number of carbonyl (C=O) groups is 2. The van der Waals surface area contributed by atoms with Crippen LogP contribution in [0, 0.1) is 0 Å². The standard InChI is InChI=1S/C24H33N3O3/c1-3-13-25-20-7-5-4-6-8-22(20)30-18-10-11-19-17(14-18)15-27(24(19)29)21-12-9-16(2)26-23(21)28/h10-11,14,20-22,25H,2-9,12-13,15H2,1H3,(H,26,28)/t20-,21?,22-/m1/s1. The second kappa shape index (κ2) is 9.21. The Morgan fingerprint density at radius 3 is 2.83 bits per heavy atom. The molecule has 6 nitrogen and oxygen atoms in total. The Kier molecular flexibility index (Phi) is 6.42. The fourth-order valence-electron chi connectivity index (χ4n) is 4.86. The third-order valence-corrected chi connectivity index (χ3v) is 6.50. The molecule has 2 fully saturated rings. The van der Waals surface area contributed by atoms with Crippen molar-refractivity contribution in [2.24, 2.45) is 0 Å². The number of nitrogens with zero attached hydrogens (tertiary/aromatic N) is 1. The minimum atomic E-state index is -0.427. The highest BCUT2D eigenvalue weighted by atomic mass is 16.5. The van der Waals surface area contributed by atoms with E-state index in [0.29, 0.717) is 31.0 Å². The number of piperidine rings is 1. The average molecular weight is 412 g/mol. The molecule has 6 heteroatoms. The Balaban J connectivity index is 1.47. The highest BCUT2D eigenvalue weighted by molar-refractivity contribution is 6.01. The van der Waals surface area contributed by atoms with Gasteiger partial charge in [-0.1, -0.05) is 26.3 Å². The van der Waals surface area contributed by atoms with Crippen molar-refractivity contribution in [2.45, 2.75) is 83.0 Å². The van der Waals surface area contributed by atoms with Gasteiger partial charge in [0.05, 0.1) is 0 Å². The zero-order valence-corrected chi connectivity index (χ0v) is 17.9. The van der Waals surface area contributed by atoms with Gasteiger partial charge in [0, 0.05) is 23.8 Å². The normalized spacial score (nSPS) is 26.9. The molecule has 3 atom stereocenters. The molecule has 4 rings (SSSR count). The summed E-state index contributed by atoms with van der Waals surface area (Å²) in [4.78, 5) is 27.0.